The maximum absolute atomic E-state index is 12.7. The number of thiocarbonyl (C=S) groups is 1. The summed E-state index contributed by atoms with van der Waals surface area (Å²) in [4.78, 5) is 26.4. The average molecular weight is 435 g/mol. The van der Waals surface area contributed by atoms with E-state index in [-0.39, 0.29) is 24.7 Å². The molecule has 0 saturated heterocycles. The molecule has 0 saturated carbocycles. The topological polar surface area (TPSA) is 58.6 Å². The van der Waals surface area contributed by atoms with Crippen LogP contribution < -0.4 is 5.32 Å². The summed E-state index contributed by atoms with van der Waals surface area (Å²) >= 11 is 5.52. The highest BCUT2D eigenvalue weighted by molar-refractivity contribution is 7.80. The third-order valence-electron chi connectivity index (χ3n) is 4.87. The molecule has 0 spiro atoms. The van der Waals surface area contributed by atoms with E-state index < -0.39 is 0 Å². The van der Waals surface area contributed by atoms with E-state index in [9.17, 15) is 9.59 Å². The van der Waals surface area contributed by atoms with Crippen LogP contribution in [0.25, 0.3) is 10.8 Å². The number of carbonyl (C=O) groups is 2. The predicted molar refractivity (Wildman–Crippen MR) is 126 cm³/mol. The quantitative estimate of drug-likeness (QED) is 0.425. The SMILES string of the molecule is CCOC(=O)CCN(Cc1ccccc1)C(=S)NC(=O)Cc1cccc2ccccc12. The van der Waals surface area contributed by atoms with Crippen LogP contribution in [-0.2, 0) is 27.3 Å². The van der Waals surface area contributed by atoms with Crippen molar-refractivity contribution >= 4 is 40.0 Å². The van der Waals surface area contributed by atoms with Crippen LogP contribution in [0.2, 0.25) is 0 Å². The lowest BCUT2D eigenvalue weighted by Crippen LogP contribution is -2.43. The third-order valence-corrected chi connectivity index (χ3v) is 5.23. The smallest absolute Gasteiger partial charge is 0.307 e. The zero-order valence-electron chi connectivity index (χ0n) is 17.5. The maximum atomic E-state index is 12.7. The molecule has 5 nitrogen and oxygen atoms in total. The number of esters is 1. The first-order valence-electron chi connectivity index (χ1n) is 10.3. The molecule has 0 bridgehead atoms. The minimum Gasteiger partial charge on any atom is -0.466 e. The van der Waals surface area contributed by atoms with E-state index in [1.165, 1.54) is 0 Å². The number of benzene rings is 3. The summed E-state index contributed by atoms with van der Waals surface area (Å²) in [6.45, 7) is 2.97. The number of amides is 1. The van der Waals surface area contributed by atoms with Crippen LogP contribution in [0.15, 0.2) is 72.8 Å². The summed E-state index contributed by atoms with van der Waals surface area (Å²) < 4.78 is 5.03. The fourth-order valence-electron chi connectivity index (χ4n) is 3.38. The van der Waals surface area contributed by atoms with Crippen molar-refractivity contribution in [2.45, 2.75) is 26.3 Å². The molecule has 3 aromatic rings. The Morgan fingerprint density at radius 1 is 0.968 bits per heavy atom. The molecule has 0 radical (unpaired) electrons. The molecule has 0 fully saturated rings. The molecule has 1 amide bonds. The van der Waals surface area contributed by atoms with Gasteiger partial charge in [-0.15, -0.1) is 0 Å². The fourth-order valence-corrected chi connectivity index (χ4v) is 3.65. The van der Waals surface area contributed by atoms with Gasteiger partial charge >= 0.3 is 5.97 Å². The first-order valence-corrected chi connectivity index (χ1v) is 10.7. The fraction of sp³-hybridized carbons (Fsp3) is 0.240. The number of rotatable bonds is 8. The van der Waals surface area contributed by atoms with Gasteiger partial charge in [0.15, 0.2) is 5.11 Å². The van der Waals surface area contributed by atoms with Crippen LogP contribution in [0.4, 0.5) is 0 Å². The van der Waals surface area contributed by atoms with Gasteiger partial charge in [0.2, 0.25) is 5.91 Å². The number of ether oxygens (including phenoxy) is 1. The lowest BCUT2D eigenvalue weighted by molar-refractivity contribution is -0.143. The summed E-state index contributed by atoms with van der Waals surface area (Å²) in [6.07, 6.45) is 0.415. The Hall–Kier alpha value is -3.25. The molecule has 0 atom stereocenters. The van der Waals surface area contributed by atoms with Crippen molar-refractivity contribution in [1.82, 2.24) is 10.2 Å². The van der Waals surface area contributed by atoms with Crippen LogP contribution >= 0.6 is 12.2 Å². The Balaban J connectivity index is 1.67. The van der Waals surface area contributed by atoms with Crippen LogP contribution in [0, 0.1) is 0 Å². The normalized spacial score (nSPS) is 10.5. The molecule has 3 aromatic carbocycles. The van der Waals surface area contributed by atoms with Crippen molar-refractivity contribution < 1.29 is 14.3 Å². The van der Waals surface area contributed by atoms with Crippen molar-refractivity contribution in [3.8, 4) is 0 Å². The first-order chi connectivity index (χ1) is 15.1. The van der Waals surface area contributed by atoms with E-state index in [4.69, 9.17) is 17.0 Å². The Bertz CT molecular complexity index is 1050. The van der Waals surface area contributed by atoms with E-state index in [0.717, 1.165) is 21.9 Å². The van der Waals surface area contributed by atoms with Crippen molar-refractivity contribution in [3.63, 3.8) is 0 Å². The van der Waals surface area contributed by atoms with Gasteiger partial charge in [-0.05, 0) is 41.0 Å². The third kappa shape index (κ3) is 6.62. The van der Waals surface area contributed by atoms with Crippen LogP contribution in [0.5, 0.6) is 0 Å². The highest BCUT2D eigenvalue weighted by Gasteiger charge is 2.16. The Labute approximate surface area is 188 Å². The molecule has 0 aliphatic heterocycles. The van der Waals surface area contributed by atoms with E-state index in [1.807, 2.05) is 77.7 Å². The number of nitrogens with zero attached hydrogens (tertiary/aromatic N) is 1. The predicted octanol–water partition coefficient (Wildman–Crippen LogP) is 4.24. The number of carbonyl (C=O) groups excluding carboxylic acids is 2. The molecule has 0 aromatic heterocycles. The molecule has 3 rings (SSSR count). The summed E-state index contributed by atoms with van der Waals surface area (Å²) in [5.41, 5.74) is 1.98. The largest absolute Gasteiger partial charge is 0.466 e. The molecule has 6 heteroatoms. The van der Waals surface area contributed by atoms with Gasteiger partial charge in [0.25, 0.3) is 0 Å². The Kier molecular flexibility index (Phi) is 8.12. The van der Waals surface area contributed by atoms with Crippen LogP contribution in [0.3, 0.4) is 0 Å². The zero-order valence-corrected chi connectivity index (χ0v) is 18.4. The molecule has 160 valence electrons. The number of hydrogen-bond acceptors (Lipinski definition) is 4. The summed E-state index contributed by atoms with van der Waals surface area (Å²) in [5, 5.41) is 5.28. The standard InChI is InChI=1S/C25H26N2O3S/c1-2-30-24(29)15-16-27(18-19-9-4-3-5-10-19)25(31)26-23(28)17-21-13-8-12-20-11-6-7-14-22(20)21/h3-14H,2,15-18H2,1H3,(H,26,28,31). The molecule has 0 aliphatic carbocycles. The van der Waals surface area contributed by atoms with Gasteiger partial charge in [0.1, 0.15) is 0 Å². The van der Waals surface area contributed by atoms with E-state index >= 15 is 0 Å². The van der Waals surface area contributed by atoms with Gasteiger partial charge < -0.3 is 15.0 Å². The second-order valence-electron chi connectivity index (χ2n) is 7.13. The number of hydrogen-bond donors (Lipinski definition) is 1. The summed E-state index contributed by atoms with van der Waals surface area (Å²) in [5.74, 6) is -0.471. The molecule has 31 heavy (non-hydrogen) atoms. The summed E-state index contributed by atoms with van der Waals surface area (Å²) in [7, 11) is 0. The number of nitrogens with one attached hydrogen (secondary N) is 1. The molecular formula is C25H26N2O3S. The van der Waals surface area contributed by atoms with Crippen molar-refractivity contribution in [2.75, 3.05) is 13.2 Å². The second-order valence-corrected chi connectivity index (χ2v) is 7.52. The Morgan fingerprint density at radius 2 is 1.68 bits per heavy atom. The van der Waals surface area contributed by atoms with E-state index in [2.05, 4.69) is 5.32 Å². The molecule has 1 N–H and O–H groups in total. The van der Waals surface area contributed by atoms with Gasteiger partial charge in [-0.2, -0.15) is 0 Å². The van der Waals surface area contributed by atoms with E-state index in [1.54, 1.807) is 6.92 Å². The van der Waals surface area contributed by atoms with Gasteiger partial charge in [-0.25, -0.2) is 0 Å². The Morgan fingerprint density at radius 3 is 2.45 bits per heavy atom. The van der Waals surface area contributed by atoms with Crippen LogP contribution in [-0.4, -0.2) is 35.0 Å². The minimum atomic E-state index is -0.287. The minimum absolute atomic E-state index is 0.185. The molecule has 0 unspecified atom stereocenters. The number of fused-ring (bicyclic) bond motifs is 1. The van der Waals surface area contributed by atoms with Gasteiger partial charge in [-0.3, -0.25) is 9.59 Å². The zero-order chi connectivity index (χ0) is 22.1. The van der Waals surface area contributed by atoms with Crippen molar-refractivity contribution in [2.24, 2.45) is 0 Å². The van der Waals surface area contributed by atoms with Crippen molar-refractivity contribution in [1.29, 1.82) is 0 Å². The first kappa shape index (κ1) is 22.4. The van der Waals surface area contributed by atoms with Gasteiger partial charge in [-0.1, -0.05) is 72.8 Å². The average Bonchev–Trinajstić information content (AvgIpc) is 2.77. The lowest BCUT2D eigenvalue weighted by atomic mass is 10.0. The maximum Gasteiger partial charge on any atom is 0.307 e. The molecular weight excluding hydrogens is 408 g/mol. The molecule has 0 heterocycles. The van der Waals surface area contributed by atoms with Crippen LogP contribution in [0.1, 0.15) is 24.5 Å². The van der Waals surface area contributed by atoms with E-state index in [0.29, 0.717) is 24.8 Å². The van der Waals surface area contributed by atoms with Gasteiger partial charge in [0.05, 0.1) is 19.4 Å². The van der Waals surface area contributed by atoms with Gasteiger partial charge in [0, 0.05) is 13.1 Å². The summed E-state index contributed by atoms with van der Waals surface area (Å²) in [6, 6.07) is 23.7. The monoisotopic (exact) mass is 434 g/mol. The lowest BCUT2D eigenvalue weighted by Gasteiger charge is -2.25. The molecule has 0 aliphatic rings. The highest BCUT2D eigenvalue weighted by atomic mass is 32.1. The second kappa shape index (κ2) is 11.2. The highest BCUT2D eigenvalue weighted by Crippen LogP contribution is 2.19. The van der Waals surface area contributed by atoms with Crippen molar-refractivity contribution in [3.05, 3.63) is 83.9 Å².